The summed E-state index contributed by atoms with van der Waals surface area (Å²) in [5, 5.41) is 8.91. The van der Waals surface area contributed by atoms with Crippen molar-refractivity contribution < 1.29 is 19.4 Å². The third-order valence-corrected chi connectivity index (χ3v) is 1.83. The summed E-state index contributed by atoms with van der Waals surface area (Å²) in [5.41, 5.74) is -0.448. The molecule has 0 saturated carbocycles. The summed E-state index contributed by atoms with van der Waals surface area (Å²) >= 11 is 0. The van der Waals surface area contributed by atoms with Crippen molar-refractivity contribution in [2.75, 3.05) is 0 Å². The van der Waals surface area contributed by atoms with Crippen molar-refractivity contribution in [1.82, 2.24) is 0 Å². The summed E-state index contributed by atoms with van der Waals surface area (Å²) in [5.74, 6) is -0.844. The number of carbonyl (C=O) groups excluding carboxylic acids is 1. The van der Waals surface area contributed by atoms with Crippen molar-refractivity contribution in [3.05, 3.63) is 29.3 Å². The van der Waals surface area contributed by atoms with E-state index in [-0.39, 0.29) is 11.1 Å². The quantitative estimate of drug-likeness (QED) is 0.797. The molecule has 0 amide bonds. The maximum absolute atomic E-state index is 10.9. The van der Waals surface area contributed by atoms with Gasteiger partial charge in [0, 0.05) is 0 Å². The molecule has 0 unspecified atom stereocenters. The summed E-state index contributed by atoms with van der Waals surface area (Å²) < 4.78 is 5.52. The number of aromatic carboxylic acids is 1. The van der Waals surface area contributed by atoms with Crippen LogP contribution in [0.3, 0.4) is 0 Å². The number of ether oxygens (including phenoxy) is 1. The smallest absolute Gasteiger partial charge is 0.336 e. The lowest BCUT2D eigenvalue weighted by Crippen LogP contribution is -2.24. The van der Waals surface area contributed by atoms with Crippen molar-refractivity contribution in [3.63, 3.8) is 0 Å². The highest BCUT2D eigenvalue weighted by molar-refractivity contribution is 5.98. The van der Waals surface area contributed by atoms with E-state index in [2.05, 4.69) is 0 Å². The first-order chi connectivity index (χ1) is 7.35. The van der Waals surface area contributed by atoms with E-state index < -0.39 is 11.6 Å². The Labute approximate surface area is 93.9 Å². The van der Waals surface area contributed by atoms with E-state index in [0.717, 1.165) is 0 Å². The Morgan fingerprint density at radius 2 is 2.00 bits per heavy atom. The van der Waals surface area contributed by atoms with Crippen LogP contribution in [0.2, 0.25) is 0 Å². The molecule has 4 nitrogen and oxygen atoms in total. The molecule has 1 rings (SSSR count). The normalized spacial score (nSPS) is 10.9. The number of hydrogen-bond donors (Lipinski definition) is 1. The molecule has 1 N–H and O–H groups in total. The van der Waals surface area contributed by atoms with Crippen LogP contribution in [0.5, 0.6) is 5.75 Å². The lowest BCUT2D eigenvalue weighted by Gasteiger charge is -2.22. The topological polar surface area (TPSA) is 63.6 Å². The zero-order valence-electron chi connectivity index (χ0n) is 9.48. The van der Waals surface area contributed by atoms with Gasteiger partial charge in [0.2, 0.25) is 0 Å². The second-order valence-corrected chi connectivity index (χ2v) is 4.35. The Hall–Kier alpha value is -1.84. The fraction of sp³-hybridized carbons (Fsp3) is 0.333. The predicted octanol–water partition coefficient (Wildman–Crippen LogP) is 2.37. The first-order valence-electron chi connectivity index (χ1n) is 4.85. The molecular formula is C12H14O4. The van der Waals surface area contributed by atoms with E-state index in [1.807, 2.05) is 20.8 Å². The number of benzene rings is 1. The highest BCUT2D eigenvalue weighted by atomic mass is 16.5. The number of carboxylic acid groups (broad SMARTS) is 1. The molecule has 1 aromatic carbocycles. The van der Waals surface area contributed by atoms with Crippen LogP contribution in [-0.4, -0.2) is 23.0 Å². The van der Waals surface area contributed by atoms with Crippen LogP contribution in [-0.2, 0) is 0 Å². The van der Waals surface area contributed by atoms with E-state index in [9.17, 15) is 9.59 Å². The Kier molecular flexibility index (Phi) is 3.32. The van der Waals surface area contributed by atoms with Crippen LogP contribution in [0.15, 0.2) is 18.2 Å². The Bertz CT molecular complexity index is 416. The number of aldehydes is 1. The average Bonchev–Trinajstić information content (AvgIpc) is 2.14. The zero-order chi connectivity index (χ0) is 12.3. The van der Waals surface area contributed by atoms with Crippen LogP contribution in [0.1, 0.15) is 41.5 Å². The molecule has 1 aromatic rings. The zero-order valence-corrected chi connectivity index (χ0v) is 9.48. The van der Waals surface area contributed by atoms with Crippen LogP contribution in [0.4, 0.5) is 0 Å². The molecule has 0 aliphatic heterocycles. The van der Waals surface area contributed by atoms with E-state index in [0.29, 0.717) is 12.0 Å². The molecule has 0 bridgehead atoms. The molecule has 0 saturated heterocycles. The molecular weight excluding hydrogens is 208 g/mol. The highest BCUT2D eigenvalue weighted by Crippen LogP contribution is 2.24. The first-order valence-corrected chi connectivity index (χ1v) is 4.85. The lowest BCUT2D eigenvalue weighted by molar-refractivity contribution is 0.0690. The molecule has 0 fully saturated rings. The van der Waals surface area contributed by atoms with Gasteiger partial charge in [-0.2, -0.15) is 0 Å². The van der Waals surface area contributed by atoms with E-state index in [1.54, 1.807) is 12.1 Å². The molecule has 0 aliphatic rings. The van der Waals surface area contributed by atoms with Gasteiger partial charge in [0.15, 0.2) is 6.29 Å². The van der Waals surface area contributed by atoms with Gasteiger partial charge in [-0.3, -0.25) is 4.79 Å². The van der Waals surface area contributed by atoms with Crippen LogP contribution < -0.4 is 4.74 Å². The maximum Gasteiger partial charge on any atom is 0.336 e. The molecule has 0 atom stereocenters. The fourth-order valence-electron chi connectivity index (χ4n) is 1.27. The Morgan fingerprint density at radius 1 is 1.38 bits per heavy atom. The number of hydrogen-bond acceptors (Lipinski definition) is 3. The Morgan fingerprint density at radius 3 is 2.44 bits per heavy atom. The van der Waals surface area contributed by atoms with Crippen LogP contribution in [0, 0.1) is 0 Å². The summed E-state index contributed by atoms with van der Waals surface area (Å²) in [4.78, 5) is 21.8. The van der Waals surface area contributed by atoms with Gasteiger partial charge in [-0.1, -0.05) is 6.07 Å². The third kappa shape index (κ3) is 2.82. The van der Waals surface area contributed by atoms with Gasteiger partial charge in [-0.15, -0.1) is 0 Å². The Balaban J connectivity index is 3.24. The first kappa shape index (κ1) is 12.2. The fourth-order valence-corrected chi connectivity index (χ4v) is 1.27. The second-order valence-electron chi connectivity index (χ2n) is 4.35. The van der Waals surface area contributed by atoms with Crippen LogP contribution >= 0.6 is 0 Å². The number of rotatable bonds is 3. The van der Waals surface area contributed by atoms with E-state index in [1.165, 1.54) is 6.07 Å². The molecule has 0 heterocycles. The summed E-state index contributed by atoms with van der Waals surface area (Å²) in [7, 11) is 0. The van der Waals surface area contributed by atoms with Crippen molar-refractivity contribution in [2.45, 2.75) is 26.4 Å². The van der Waals surface area contributed by atoms with Gasteiger partial charge in [0.1, 0.15) is 11.4 Å². The minimum Gasteiger partial charge on any atom is -0.487 e. The summed E-state index contributed by atoms with van der Waals surface area (Å²) in [6, 6.07) is 4.51. The molecule has 0 radical (unpaired) electrons. The highest BCUT2D eigenvalue weighted by Gasteiger charge is 2.18. The average molecular weight is 222 g/mol. The van der Waals surface area contributed by atoms with Gasteiger partial charge >= 0.3 is 5.97 Å². The third-order valence-electron chi connectivity index (χ3n) is 1.83. The standard InChI is InChI=1S/C12H14O4/c1-12(2,3)16-10-6-4-5-8(11(14)15)9(10)7-13/h4-7H,1-3H3,(H,14,15). The van der Waals surface area contributed by atoms with Crippen molar-refractivity contribution in [2.24, 2.45) is 0 Å². The van der Waals surface area contributed by atoms with E-state index in [4.69, 9.17) is 9.84 Å². The van der Waals surface area contributed by atoms with E-state index >= 15 is 0 Å². The van der Waals surface area contributed by atoms with Gasteiger partial charge < -0.3 is 9.84 Å². The van der Waals surface area contributed by atoms with Gasteiger partial charge in [0.25, 0.3) is 0 Å². The minimum absolute atomic E-state index is 0.0447. The van der Waals surface area contributed by atoms with Gasteiger partial charge in [-0.05, 0) is 32.9 Å². The van der Waals surface area contributed by atoms with Crippen LogP contribution in [0.25, 0.3) is 0 Å². The SMILES string of the molecule is CC(C)(C)Oc1cccc(C(=O)O)c1C=O. The summed E-state index contributed by atoms with van der Waals surface area (Å²) in [6.07, 6.45) is 0.504. The van der Waals surface area contributed by atoms with Crippen molar-refractivity contribution in [1.29, 1.82) is 0 Å². The molecule has 4 heteroatoms. The number of carboxylic acids is 1. The van der Waals surface area contributed by atoms with Crippen molar-refractivity contribution in [3.8, 4) is 5.75 Å². The van der Waals surface area contributed by atoms with Gasteiger partial charge in [-0.25, -0.2) is 4.79 Å². The second kappa shape index (κ2) is 4.35. The monoisotopic (exact) mass is 222 g/mol. The number of carbonyl (C=O) groups is 2. The largest absolute Gasteiger partial charge is 0.487 e. The molecule has 86 valence electrons. The lowest BCUT2D eigenvalue weighted by atomic mass is 10.1. The predicted molar refractivity (Wildman–Crippen MR) is 59.2 cm³/mol. The molecule has 0 aromatic heterocycles. The molecule has 0 aliphatic carbocycles. The van der Waals surface area contributed by atoms with Gasteiger partial charge in [0.05, 0.1) is 11.1 Å². The van der Waals surface area contributed by atoms with Crippen molar-refractivity contribution >= 4 is 12.3 Å². The molecule has 16 heavy (non-hydrogen) atoms. The molecule has 0 spiro atoms. The summed E-state index contributed by atoms with van der Waals surface area (Å²) in [6.45, 7) is 5.49. The minimum atomic E-state index is -1.14. The maximum atomic E-state index is 10.9.